The summed E-state index contributed by atoms with van der Waals surface area (Å²) in [5.41, 5.74) is 0.197. The van der Waals surface area contributed by atoms with Crippen molar-refractivity contribution in [1.82, 2.24) is 9.29 Å². The SMILES string of the molecule is CC1(C)CCCN(S(=O)(=O)c2cnccc2Cl)CC1. The van der Waals surface area contributed by atoms with Crippen molar-refractivity contribution in [3.8, 4) is 0 Å². The van der Waals surface area contributed by atoms with Crippen LogP contribution < -0.4 is 0 Å². The fraction of sp³-hybridized carbons (Fsp3) is 0.615. The number of sulfonamides is 1. The van der Waals surface area contributed by atoms with Crippen molar-refractivity contribution in [1.29, 1.82) is 0 Å². The first kappa shape index (κ1) is 14.8. The van der Waals surface area contributed by atoms with E-state index in [9.17, 15) is 8.42 Å². The molecule has 1 saturated heterocycles. The molecule has 1 aliphatic rings. The fourth-order valence-electron chi connectivity index (χ4n) is 2.33. The largest absolute Gasteiger partial charge is 0.263 e. The third-order valence-corrected chi connectivity index (χ3v) is 6.02. The number of nitrogens with zero attached hydrogens (tertiary/aromatic N) is 2. The van der Waals surface area contributed by atoms with Gasteiger partial charge in [-0.25, -0.2) is 8.42 Å². The van der Waals surface area contributed by atoms with E-state index in [2.05, 4.69) is 18.8 Å². The Bertz CT molecular complexity index is 558. The zero-order chi connectivity index (χ0) is 14.1. The second-order valence-electron chi connectivity index (χ2n) is 5.73. The summed E-state index contributed by atoms with van der Waals surface area (Å²) in [5.74, 6) is 0. The summed E-state index contributed by atoms with van der Waals surface area (Å²) in [6.07, 6.45) is 5.61. The zero-order valence-corrected chi connectivity index (χ0v) is 12.8. The minimum atomic E-state index is -3.53. The smallest absolute Gasteiger partial charge is 0.246 e. The van der Waals surface area contributed by atoms with Gasteiger partial charge in [0, 0.05) is 25.5 Å². The highest BCUT2D eigenvalue weighted by molar-refractivity contribution is 7.89. The van der Waals surface area contributed by atoms with Gasteiger partial charge in [-0.3, -0.25) is 4.98 Å². The Balaban J connectivity index is 2.28. The Hall–Kier alpha value is -0.650. The normalized spacial score (nSPS) is 21.0. The van der Waals surface area contributed by atoms with Gasteiger partial charge in [0.25, 0.3) is 0 Å². The molecule has 0 atom stereocenters. The molecule has 1 aromatic heterocycles. The quantitative estimate of drug-likeness (QED) is 0.844. The van der Waals surface area contributed by atoms with Crippen LogP contribution in [0.1, 0.15) is 33.1 Å². The molecule has 19 heavy (non-hydrogen) atoms. The molecule has 0 bridgehead atoms. The van der Waals surface area contributed by atoms with Crippen molar-refractivity contribution in [3.05, 3.63) is 23.5 Å². The van der Waals surface area contributed by atoms with Gasteiger partial charge in [0.2, 0.25) is 10.0 Å². The lowest BCUT2D eigenvalue weighted by Gasteiger charge is -2.23. The van der Waals surface area contributed by atoms with E-state index in [1.165, 1.54) is 22.8 Å². The van der Waals surface area contributed by atoms with Gasteiger partial charge in [0.15, 0.2) is 0 Å². The van der Waals surface area contributed by atoms with E-state index in [0.717, 1.165) is 19.3 Å². The van der Waals surface area contributed by atoms with Crippen LogP contribution in [0.3, 0.4) is 0 Å². The summed E-state index contributed by atoms with van der Waals surface area (Å²) in [5, 5.41) is 0.235. The predicted octanol–water partition coefficient (Wildman–Crippen LogP) is 2.94. The first-order chi connectivity index (χ1) is 8.83. The lowest BCUT2D eigenvalue weighted by atomic mass is 9.85. The highest BCUT2D eigenvalue weighted by Gasteiger charge is 2.31. The van der Waals surface area contributed by atoms with Crippen LogP contribution in [0.15, 0.2) is 23.4 Å². The van der Waals surface area contributed by atoms with Crippen LogP contribution in [-0.4, -0.2) is 30.8 Å². The van der Waals surface area contributed by atoms with Gasteiger partial charge < -0.3 is 0 Å². The highest BCUT2D eigenvalue weighted by Crippen LogP contribution is 2.32. The first-order valence-electron chi connectivity index (χ1n) is 6.43. The summed E-state index contributed by atoms with van der Waals surface area (Å²) in [6.45, 7) is 5.46. The van der Waals surface area contributed by atoms with Crippen LogP contribution in [0.5, 0.6) is 0 Å². The van der Waals surface area contributed by atoms with Crippen LogP contribution in [-0.2, 0) is 10.0 Å². The third kappa shape index (κ3) is 3.27. The minimum absolute atomic E-state index is 0.108. The first-order valence-corrected chi connectivity index (χ1v) is 8.24. The molecule has 0 N–H and O–H groups in total. The molecule has 106 valence electrons. The maximum atomic E-state index is 12.6. The molecule has 6 heteroatoms. The molecule has 0 spiro atoms. The Labute approximate surface area is 119 Å². The van der Waals surface area contributed by atoms with Crippen LogP contribution >= 0.6 is 11.6 Å². The van der Waals surface area contributed by atoms with Gasteiger partial charge >= 0.3 is 0 Å². The summed E-state index contributed by atoms with van der Waals surface area (Å²) in [7, 11) is -3.53. The lowest BCUT2D eigenvalue weighted by molar-refractivity contribution is 0.315. The minimum Gasteiger partial charge on any atom is -0.263 e. The molecule has 1 fully saturated rings. The summed E-state index contributed by atoms with van der Waals surface area (Å²) in [4.78, 5) is 3.98. The molecule has 0 aliphatic carbocycles. The molecule has 2 heterocycles. The van der Waals surface area contributed by atoms with E-state index in [0.29, 0.717) is 13.1 Å². The molecule has 0 saturated carbocycles. The Kier molecular flexibility index (Phi) is 4.18. The van der Waals surface area contributed by atoms with E-state index in [-0.39, 0.29) is 15.3 Å². The molecular weight excluding hydrogens is 284 g/mol. The lowest BCUT2D eigenvalue weighted by Crippen LogP contribution is -2.32. The third-order valence-electron chi connectivity index (χ3n) is 3.65. The molecule has 1 aromatic rings. The molecule has 0 unspecified atom stereocenters. The number of hydrogen-bond acceptors (Lipinski definition) is 3. The molecule has 2 rings (SSSR count). The van der Waals surface area contributed by atoms with Gasteiger partial charge in [-0.1, -0.05) is 25.4 Å². The molecule has 0 radical (unpaired) electrons. The number of pyridine rings is 1. The number of halogens is 1. The van der Waals surface area contributed by atoms with Crippen molar-refractivity contribution in [2.45, 2.75) is 38.0 Å². The zero-order valence-electron chi connectivity index (χ0n) is 11.3. The average Bonchev–Trinajstić information content (AvgIpc) is 2.51. The Morgan fingerprint density at radius 3 is 2.74 bits per heavy atom. The van der Waals surface area contributed by atoms with E-state index in [1.54, 1.807) is 0 Å². The van der Waals surface area contributed by atoms with Crippen molar-refractivity contribution in [2.75, 3.05) is 13.1 Å². The fourth-order valence-corrected chi connectivity index (χ4v) is 4.22. The van der Waals surface area contributed by atoms with Crippen molar-refractivity contribution in [2.24, 2.45) is 5.41 Å². The number of hydrogen-bond donors (Lipinski definition) is 0. The van der Waals surface area contributed by atoms with Gasteiger partial charge in [-0.2, -0.15) is 4.31 Å². The molecule has 0 amide bonds. The standard InChI is InChI=1S/C13H19ClN2O2S/c1-13(2)5-3-8-16(9-6-13)19(17,18)12-10-15-7-4-11(12)14/h4,7,10H,3,5-6,8-9H2,1-2H3. The van der Waals surface area contributed by atoms with Crippen molar-refractivity contribution < 1.29 is 8.42 Å². The van der Waals surface area contributed by atoms with Crippen LogP contribution in [0, 0.1) is 5.41 Å². The van der Waals surface area contributed by atoms with Crippen LogP contribution in [0.25, 0.3) is 0 Å². The predicted molar refractivity (Wildman–Crippen MR) is 75.6 cm³/mol. The van der Waals surface area contributed by atoms with Gasteiger partial charge in [-0.05, 0) is 30.7 Å². The van der Waals surface area contributed by atoms with Crippen LogP contribution in [0.2, 0.25) is 5.02 Å². The number of rotatable bonds is 2. The highest BCUT2D eigenvalue weighted by atomic mass is 35.5. The Morgan fingerprint density at radius 2 is 2.05 bits per heavy atom. The van der Waals surface area contributed by atoms with Gasteiger partial charge in [-0.15, -0.1) is 0 Å². The molecular formula is C13H19ClN2O2S. The van der Waals surface area contributed by atoms with E-state index in [1.807, 2.05) is 0 Å². The van der Waals surface area contributed by atoms with Crippen molar-refractivity contribution in [3.63, 3.8) is 0 Å². The van der Waals surface area contributed by atoms with Gasteiger partial charge in [0.05, 0.1) is 5.02 Å². The summed E-state index contributed by atoms with van der Waals surface area (Å²) in [6, 6.07) is 1.51. The average molecular weight is 303 g/mol. The van der Waals surface area contributed by atoms with E-state index < -0.39 is 10.0 Å². The second kappa shape index (κ2) is 5.38. The van der Waals surface area contributed by atoms with E-state index in [4.69, 9.17) is 11.6 Å². The topological polar surface area (TPSA) is 50.3 Å². The molecule has 4 nitrogen and oxygen atoms in total. The Morgan fingerprint density at radius 1 is 1.32 bits per heavy atom. The maximum absolute atomic E-state index is 12.6. The number of aromatic nitrogens is 1. The summed E-state index contributed by atoms with van der Waals surface area (Å²) < 4.78 is 26.7. The second-order valence-corrected chi connectivity index (χ2v) is 8.04. The molecule has 1 aliphatic heterocycles. The van der Waals surface area contributed by atoms with E-state index >= 15 is 0 Å². The molecule has 0 aromatic carbocycles. The van der Waals surface area contributed by atoms with Crippen molar-refractivity contribution >= 4 is 21.6 Å². The monoisotopic (exact) mass is 302 g/mol. The van der Waals surface area contributed by atoms with Gasteiger partial charge in [0.1, 0.15) is 4.90 Å². The summed E-state index contributed by atoms with van der Waals surface area (Å²) >= 11 is 5.98. The maximum Gasteiger partial charge on any atom is 0.246 e. The van der Waals surface area contributed by atoms with Crippen LogP contribution in [0.4, 0.5) is 0 Å².